The third-order valence-corrected chi connectivity index (χ3v) is 3.70. The number of para-hydroxylation sites is 1. The molecule has 0 atom stereocenters. The molecule has 0 aliphatic carbocycles. The number of nitrogens with one attached hydrogen (secondary N) is 1. The Morgan fingerprint density at radius 1 is 1.09 bits per heavy atom. The summed E-state index contributed by atoms with van der Waals surface area (Å²) in [5.74, 6) is 0.906. The second-order valence-corrected chi connectivity index (χ2v) is 5.24. The Bertz CT molecular complexity index is 749. The summed E-state index contributed by atoms with van der Waals surface area (Å²) < 4.78 is 1.90. The molecule has 2 heterocycles. The van der Waals surface area contributed by atoms with Crippen molar-refractivity contribution in [2.75, 3.05) is 11.9 Å². The van der Waals surface area contributed by atoms with Crippen molar-refractivity contribution in [1.82, 2.24) is 19.7 Å². The molecule has 0 spiro atoms. The average molecular weight is 293 g/mol. The molecule has 0 radical (unpaired) electrons. The lowest BCUT2D eigenvalue weighted by Crippen LogP contribution is -2.08. The van der Waals surface area contributed by atoms with Crippen molar-refractivity contribution >= 4 is 5.82 Å². The molecule has 0 saturated heterocycles. The highest BCUT2D eigenvalue weighted by atomic mass is 15.3. The lowest BCUT2D eigenvalue weighted by atomic mass is 10.2. The van der Waals surface area contributed by atoms with Crippen LogP contribution in [0.15, 0.2) is 49.1 Å². The summed E-state index contributed by atoms with van der Waals surface area (Å²) in [6.45, 7) is 4.84. The first kappa shape index (κ1) is 14.3. The molecule has 5 nitrogen and oxygen atoms in total. The first-order chi connectivity index (χ1) is 10.7. The van der Waals surface area contributed by atoms with Crippen LogP contribution in [-0.2, 0) is 6.42 Å². The predicted octanol–water partition coefficient (Wildman–Crippen LogP) is 2.93. The zero-order valence-electron chi connectivity index (χ0n) is 12.8. The fourth-order valence-corrected chi connectivity index (χ4v) is 2.25. The van der Waals surface area contributed by atoms with Crippen LogP contribution in [-0.4, -0.2) is 26.3 Å². The van der Waals surface area contributed by atoms with Crippen LogP contribution >= 0.6 is 0 Å². The largest absolute Gasteiger partial charge is 0.369 e. The van der Waals surface area contributed by atoms with E-state index in [4.69, 9.17) is 0 Å². The van der Waals surface area contributed by atoms with Crippen LogP contribution in [0.25, 0.3) is 5.69 Å². The zero-order valence-corrected chi connectivity index (χ0v) is 12.8. The molecule has 0 amide bonds. The zero-order chi connectivity index (χ0) is 15.4. The normalized spacial score (nSPS) is 10.6. The molecule has 1 aromatic carbocycles. The van der Waals surface area contributed by atoms with Gasteiger partial charge in [-0.3, -0.25) is 0 Å². The first-order valence-corrected chi connectivity index (χ1v) is 7.35. The van der Waals surface area contributed by atoms with Gasteiger partial charge in [-0.1, -0.05) is 18.2 Å². The summed E-state index contributed by atoms with van der Waals surface area (Å²) in [4.78, 5) is 8.46. The van der Waals surface area contributed by atoms with E-state index in [2.05, 4.69) is 26.6 Å². The van der Waals surface area contributed by atoms with Crippen molar-refractivity contribution in [3.05, 3.63) is 65.9 Å². The van der Waals surface area contributed by atoms with Crippen molar-refractivity contribution in [3.63, 3.8) is 0 Å². The number of anilines is 1. The lowest BCUT2D eigenvalue weighted by Gasteiger charge is -2.08. The van der Waals surface area contributed by atoms with Gasteiger partial charge in [0.25, 0.3) is 0 Å². The van der Waals surface area contributed by atoms with E-state index in [0.717, 1.165) is 35.7 Å². The molecule has 3 rings (SSSR count). The molecule has 0 unspecified atom stereocenters. The number of hydrogen-bond donors (Lipinski definition) is 1. The number of rotatable bonds is 5. The number of hydrogen-bond acceptors (Lipinski definition) is 4. The number of aromatic nitrogens is 4. The van der Waals surface area contributed by atoms with E-state index in [1.54, 1.807) is 6.33 Å². The van der Waals surface area contributed by atoms with Crippen molar-refractivity contribution < 1.29 is 0 Å². The summed E-state index contributed by atoms with van der Waals surface area (Å²) in [7, 11) is 0. The van der Waals surface area contributed by atoms with Gasteiger partial charge in [-0.15, -0.1) is 0 Å². The first-order valence-electron chi connectivity index (χ1n) is 7.35. The Kier molecular flexibility index (Phi) is 4.14. The number of aryl methyl sites for hydroxylation is 1. The summed E-state index contributed by atoms with van der Waals surface area (Å²) in [6, 6.07) is 10.1. The second kappa shape index (κ2) is 6.39. The molecule has 0 fully saturated rings. The predicted molar refractivity (Wildman–Crippen MR) is 87.3 cm³/mol. The SMILES string of the molecule is Cc1ncnc(NCCc2cnn(-c3ccccc3)c2)c1C. The van der Waals surface area contributed by atoms with Gasteiger partial charge in [-0.05, 0) is 38.0 Å². The molecule has 2 aromatic heterocycles. The molecule has 0 aliphatic heterocycles. The minimum Gasteiger partial charge on any atom is -0.369 e. The van der Waals surface area contributed by atoms with E-state index in [1.165, 1.54) is 5.56 Å². The van der Waals surface area contributed by atoms with Crippen LogP contribution in [0.5, 0.6) is 0 Å². The molecular weight excluding hydrogens is 274 g/mol. The minimum atomic E-state index is 0.817. The van der Waals surface area contributed by atoms with E-state index in [1.807, 2.05) is 55.1 Å². The summed E-state index contributed by atoms with van der Waals surface area (Å²) in [5.41, 5.74) is 4.38. The van der Waals surface area contributed by atoms with Gasteiger partial charge in [0.1, 0.15) is 12.1 Å². The Morgan fingerprint density at radius 3 is 2.73 bits per heavy atom. The van der Waals surface area contributed by atoms with Gasteiger partial charge in [0.05, 0.1) is 11.9 Å². The molecule has 0 saturated carbocycles. The smallest absolute Gasteiger partial charge is 0.132 e. The Hall–Kier alpha value is -2.69. The van der Waals surface area contributed by atoms with Gasteiger partial charge in [0.2, 0.25) is 0 Å². The van der Waals surface area contributed by atoms with Gasteiger partial charge < -0.3 is 5.32 Å². The van der Waals surface area contributed by atoms with Crippen molar-refractivity contribution in [2.24, 2.45) is 0 Å². The second-order valence-electron chi connectivity index (χ2n) is 5.24. The molecule has 0 aliphatic rings. The maximum absolute atomic E-state index is 4.41. The highest BCUT2D eigenvalue weighted by Gasteiger charge is 2.04. The standard InChI is InChI=1S/C17H19N5/c1-13-14(2)19-12-20-17(13)18-9-8-15-10-21-22(11-15)16-6-4-3-5-7-16/h3-7,10-12H,8-9H2,1-2H3,(H,18,19,20). The molecular formula is C17H19N5. The maximum atomic E-state index is 4.41. The molecule has 0 bridgehead atoms. The molecule has 5 heteroatoms. The highest BCUT2D eigenvalue weighted by Crippen LogP contribution is 2.13. The van der Waals surface area contributed by atoms with E-state index >= 15 is 0 Å². The summed E-state index contributed by atoms with van der Waals surface area (Å²) in [6.07, 6.45) is 6.47. The van der Waals surface area contributed by atoms with Gasteiger partial charge in [0.15, 0.2) is 0 Å². The third-order valence-electron chi connectivity index (χ3n) is 3.70. The Balaban J connectivity index is 1.61. The summed E-state index contributed by atoms with van der Waals surface area (Å²) >= 11 is 0. The van der Waals surface area contributed by atoms with Gasteiger partial charge in [-0.25, -0.2) is 14.6 Å². The fourth-order valence-electron chi connectivity index (χ4n) is 2.25. The van der Waals surface area contributed by atoms with Crippen molar-refractivity contribution in [1.29, 1.82) is 0 Å². The van der Waals surface area contributed by atoms with Crippen LogP contribution < -0.4 is 5.32 Å². The third kappa shape index (κ3) is 3.14. The monoisotopic (exact) mass is 293 g/mol. The van der Waals surface area contributed by atoms with Crippen LogP contribution in [0.1, 0.15) is 16.8 Å². The maximum Gasteiger partial charge on any atom is 0.132 e. The average Bonchev–Trinajstić information content (AvgIpc) is 3.01. The van der Waals surface area contributed by atoms with Gasteiger partial charge >= 0.3 is 0 Å². The van der Waals surface area contributed by atoms with Gasteiger partial charge in [-0.2, -0.15) is 5.10 Å². The topological polar surface area (TPSA) is 55.6 Å². The summed E-state index contributed by atoms with van der Waals surface area (Å²) in [5, 5.41) is 7.77. The quantitative estimate of drug-likeness (QED) is 0.786. The Morgan fingerprint density at radius 2 is 1.91 bits per heavy atom. The number of benzene rings is 1. The molecule has 22 heavy (non-hydrogen) atoms. The molecule has 3 aromatic rings. The van der Waals surface area contributed by atoms with E-state index in [-0.39, 0.29) is 0 Å². The van der Waals surface area contributed by atoms with E-state index in [0.29, 0.717) is 0 Å². The number of nitrogens with zero attached hydrogens (tertiary/aromatic N) is 4. The van der Waals surface area contributed by atoms with Crippen LogP contribution in [0.2, 0.25) is 0 Å². The fraction of sp³-hybridized carbons (Fsp3) is 0.235. The van der Waals surface area contributed by atoms with E-state index in [9.17, 15) is 0 Å². The van der Waals surface area contributed by atoms with Crippen LogP contribution in [0, 0.1) is 13.8 Å². The van der Waals surface area contributed by atoms with Crippen molar-refractivity contribution in [3.8, 4) is 5.69 Å². The van der Waals surface area contributed by atoms with E-state index < -0.39 is 0 Å². The van der Waals surface area contributed by atoms with Crippen molar-refractivity contribution in [2.45, 2.75) is 20.3 Å². The minimum absolute atomic E-state index is 0.817. The Labute approximate surface area is 130 Å². The lowest BCUT2D eigenvalue weighted by molar-refractivity contribution is 0.879. The molecule has 1 N–H and O–H groups in total. The molecule has 112 valence electrons. The van der Waals surface area contributed by atoms with Crippen LogP contribution in [0.4, 0.5) is 5.82 Å². The van der Waals surface area contributed by atoms with Gasteiger partial charge in [0, 0.05) is 24.0 Å². The van der Waals surface area contributed by atoms with Crippen LogP contribution in [0.3, 0.4) is 0 Å². The highest BCUT2D eigenvalue weighted by molar-refractivity contribution is 5.44.